The number of amides is 1. The van der Waals surface area contributed by atoms with Gasteiger partial charge in [0.2, 0.25) is 0 Å². The fourth-order valence-corrected chi connectivity index (χ4v) is 4.86. The molecule has 5 rings (SSSR count). The molecule has 0 radical (unpaired) electrons. The average molecular weight is 444 g/mol. The van der Waals surface area contributed by atoms with Gasteiger partial charge in [0.25, 0.3) is 11.6 Å². The van der Waals surface area contributed by atoms with Crippen molar-refractivity contribution >= 4 is 17.0 Å². The first-order chi connectivity index (χ1) is 15.3. The summed E-state index contributed by atoms with van der Waals surface area (Å²) in [6, 6.07) is 6.99. The molecule has 2 aromatic heterocycles. The van der Waals surface area contributed by atoms with Gasteiger partial charge in [-0.3, -0.25) is 9.69 Å². The van der Waals surface area contributed by atoms with E-state index in [9.17, 15) is 18.0 Å². The van der Waals surface area contributed by atoms with Crippen LogP contribution in [-0.4, -0.2) is 58.1 Å². The molecule has 0 bridgehead atoms. The maximum absolute atomic E-state index is 13.6. The van der Waals surface area contributed by atoms with Gasteiger partial charge in [-0.25, -0.2) is 4.98 Å². The van der Waals surface area contributed by atoms with Crippen molar-refractivity contribution in [1.29, 1.82) is 0 Å². The molecule has 0 spiro atoms. The van der Waals surface area contributed by atoms with Crippen LogP contribution in [0.2, 0.25) is 0 Å². The van der Waals surface area contributed by atoms with E-state index in [1.807, 2.05) is 0 Å². The Kier molecular flexibility index (Phi) is 5.16. The summed E-state index contributed by atoms with van der Waals surface area (Å²) >= 11 is 0. The van der Waals surface area contributed by atoms with Gasteiger partial charge in [0.1, 0.15) is 0 Å². The van der Waals surface area contributed by atoms with Crippen LogP contribution >= 0.6 is 0 Å². The molecule has 1 aromatic carbocycles. The van der Waals surface area contributed by atoms with Gasteiger partial charge in [-0.2, -0.15) is 13.2 Å². The third kappa shape index (κ3) is 3.64. The first-order valence-corrected chi connectivity index (χ1v) is 10.8. The van der Waals surface area contributed by atoms with E-state index in [1.54, 1.807) is 11.8 Å². The second-order valence-electron chi connectivity index (χ2n) is 8.48. The monoisotopic (exact) mass is 444 g/mol. The molecule has 6 nitrogen and oxygen atoms in total. The van der Waals surface area contributed by atoms with Crippen molar-refractivity contribution in [1.82, 2.24) is 19.9 Å². The van der Waals surface area contributed by atoms with Crippen LogP contribution in [0.4, 0.5) is 13.2 Å². The van der Waals surface area contributed by atoms with Gasteiger partial charge in [0.05, 0.1) is 27.9 Å². The van der Waals surface area contributed by atoms with Crippen molar-refractivity contribution in [3.05, 3.63) is 47.2 Å². The van der Waals surface area contributed by atoms with E-state index in [0.29, 0.717) is 30.2 Å². The van der Waals surface area contributed by atoms with Gasteiger partial charge in [0.15, 0.2) is 0 Å². The molecule has 0 N–H and O–H groups in total. The minimum absolute atomic E-state index is 0.0419. The van der Waals surface area contributed by atoms with E-state index in [0.717, 1.165) is 25.6 Å². The number of alkyl halides is 3. The summed E-state index contributed by atoms with van der Waals surface area (Å²) in [6.45, 7) is 5.03. The van der Waals surface area contributed by atoms with Gasteiger partial charge in [-0.15, -0.1) is 0 Å². The first-order valence-electron chi connectivity index (χ1n) is 10.8. The Hall–Kier alpha value is -2.94. The summed E-state index contributed by atoms with van der Waals surface area (Å²) < 4.78 is 46.1. The van der Waals surface area contributed by atoms with E-state index in [2.05, 4.69) is 15.0 Å². The number of hydrogen-bond donors (Lipinski definition) is 0. The van der Waals surface area contributed by atoms with Crippen LogP contribution in [0.1, 0.15) is 40.9 Å². The fourth-order valence-electron chi connectivity index (χ4n) is 4.86. The predicted octanol–water partition coefficient (Wildman–Crippen LogP) is 4.53. The highest BCUT2D eigenvalue weighted by Gasteiger charge is 2.36. The van der Waals surface area contributed by atoms with Crippen molar-refractivity contribution in [2.75, 3.05) is 26.2 Å². The topological polar surface area (TPSA) is 62.5 Å². The zero-order chi connectivity index (χ0) is 22.5. The van der Waals surface area contributed by atoms with Gasteiger partial charge < -0.3 is 9.42 Å². The molecule has 168 valence electrons. The molecule has 9 heteroatoms. The molecule has 0 aliphatic carbocycles. The highest BCUT2D eigenvalue weighted by atomic mass is 19.4. The minimum atomic E-state index is -4.55. The van der Waals surface area contributed by atoms with Crippen molar-refractivity contribution in [2.24, 2.45) is 0 Å². The van der Waals surface area contributed by atoms with Crippen LogP contribution in [0.25, 0.3) is 22.4 Å². The zero-order valence-electron chi connectivity index (χ0n) is 17.7. The number of carbonyl (C=O) groups excluding carboxylic acids is 1. The highest BCUT2D eigenvalue weighted by Crippen LogP contribution is 2.38. The Balaban J connectivity index is 1.55. The molecular formula is C23H23F3N4O2. The lowest BCUT2D eigenvalue weighted by Gasteiger charge is -2.24. The lowest BCUT2D eigenvalue weighted by molar-refractivity contribution is -0.137. The molecule has 2 saturated heterocycles. The smallest absolute Gasteiger partial charge is 0.337 e. The van der Waals surface area contributed by atoms with E-state index in [-0.39, 0.29) is 28.4 Å². The molecule has 1 atom stereocenters. The van der Waals surface area contributed by atoms with Crippen LogP contribution in [0.5, 0.6) is 0 Å². The largest absolute Gasteiger partial charge is 0.417 e. The van der Waals surface area contributed by atoms with Gasteiger partial charge in [-0.05, 0) is 51.4 Å². The molecule has 4 heterocycles. The first kappa shape index (κ1) is 20.9. The van der Waals surface area contributed by atoms with Crippen LogP contribution < -0.4 is 0 Å². The molecule has 32 heavy (non-hydrogen) atoms. The summed E-state index contributed by atoms with van der Waals surface area (Å²) in [5.41, 5.74) is -0.0291. The normalized spacial score (nSPS) is 19.9. The number of fused-ring (bicyclic) bond motifs is 1. The number of benzene rings is 1. The quantitative estimate of drug-likeness (QED) is 0.594. The van der Waals surface area contributed by atoms with E-state index >= 15 is 0 Å². The van der Waals surface area contributed by atoms with Crippen LogP contribution in [0, 0.1) is 6.92 Å². The number of halogens is 3. The van der Waals surface area contributed by atoms with E-state index < -0.39 is 11.7 Å². The number of carbonyl (C=O) groups is 1. The number of pyridine rings is 1. The Morgan fingerprint density at radius 2 is 1.91 bits per heavy atom. The third-order valence-corrected chi connectivity index (χ3v) is 6.46. The number of likely N-dealkylation sites (tertiary alicyclic amines) is 2. The Morgan fingerprint density at radius 3 is 2.66 bits per heavy atom. The Labute approximate surface area is 183 Å². The van der Waals surface area contributed by atoms with Crippen molar-refractivity contribution in [2.45, 2.75) is 38.4 Å². The molecule has 1 amide bonds. The number of aromatic nitrogens is 2. The minimum Gasteiger partial charge on any atom is -0.337 e. The third-order valence-electron chi connectivity index (χ3n) is 6.46. The lowest BCUT2D eigenvalue weighted by atomic mass is 10.0. The summed E-state index contributed by atoms with van der Waals surface area (Å²) in [7, 11) is 0. The van der Waals surface area contributed by atoms with Crippen LogP contribution in [0.3, 0.4) is 0 Å². The lowest BCUT2D eigenvalue weighted by Crippen LogP contribution is -2.37. The molecule has 3 aromatic rings. The number of nitrogens with zero attached hydrogens (tertiary/aromatic N) is 4. The van der Waals surface area contributed by atoms with Crippen LogP contribution in [-0.2, 0) is 6.18 Å². The van der Waals surface area contributed by atoms with Crippen molar-refractivity contribution in [3.63, 3.8) is 0 Å². The standard InChI is InChI=1S/C23H23F3N4O2/c1-14-20-17(22(31)30-11-8-15(13-30)29-9-4-5-10-29)12-19(27-21(20)32-28-14)16-6-2-3-7-18(16)23(24,25)26/h2-3,6-7,12,15H,4-5,8-11,13H2,1H3. The number of rotatable bonds is 3. The summed E-state index contributed by atoms with van der Waals surface area (Å²) in [5.74, 6) is -0.226. The van der Waals surface area contributed by atoms with Gasteiger partial charge in [-0.1, -0.05) is 23.4 Å². The van der Waals surface area contributed by atoms with Crippen molar-refractivity contribution in [3.8, 4) is 11.3 Å². The summed E-state index contributed by atoms with van der Waals surface area (Å²) in [5, 5.41) is 4.36. The predicted molar refractivity (Wildman–Crippen MR) is 112 cm³/mol. The van der Waals surface area contributed by atoms with Crippen molar-refractivity contribution < 1.29 is 22.5 Å². The second kappa shape index (κ2) is 7.88. The Bertz CT molecular complexity index is 1170. The molecule has 0 saturated carbocycles. The molecule has 2 aliphatic heterocycles. The maximum atomic E-state index is 13.6. The highest BCUT2D eigenvalue weighted by molar-refractivity contribution is 6.07. The molecule has 2 fully saturated rings. The molecular weight excluding hydrogens is 421 g/mol. The number of aryl methyl sites for hydroxylation is 1. The second-order valence-corrected chi connectivity index (χ2v) is 8.48. The SMILES string of the molecule is Cc1noc2nc(-c3ccccc3C(F)(F)F)cc(C(=O)N3CCC(N4CCCC4)C3)c12. The average Bonchev–Trinajstić information content (AvgIpc) is 3.53. The summed E-state index contributed by atoms with van der Waals surface area (Å²) in [4.78, 5) is 22.0. The zero-order valence-corrected chi connectivity index (χ0v) is 17.7. The maximum Gasteiger partial charge on any atom is 0.417 e. The molecule has 1 unspecified atom stereocenters. The van der Waals surface area contributed by atoms with Gasteiger partial charge >= 0.3 is 6.18 Å². The van der Waals surface area contributed by atoms with E-state index in [4.69, 9.17) is 4.52 Å². The van der Waals surface area contributed by atoms with E-state index in [1.165, 1.54) is 37.1 Å². The number of hydrogen-bond acceptors (Lipinski definition) is 5. The van der Waals surface area contributed by atoms with Crippen LogP contribution in [0.15, 0.2) is 34.9 Å². The summed E-state index contributed by atoms with van der Waals surface area (Å²) in [6.07, 6.45) is -1.30. The van der Waals surface area contributed by atoms with Gasteiger partial charge in [0, 0.05) is 24.7 Å². The molecule has 2 aliphatic rings. The Morgan fingerprint density at radius 1 is 1.16 bits per heavy atom. The fraction of sp³-hybridized carbons (Fsp3) is 0.435.